The Balaban J connectivity index is 3.13. The number of nitrogens with one attached hydrogen (secondary N) is 1. The maximum atomic E-state index is 12.4. The topological polar surface area (TPSA) is 59.6 Å². The molecule has 1 unspecified atom stereocenters. The summed E-state index contributed by atoms with van der Waals surface area (Å²) in [5.41, 5.74) is -0.805. The standard InChI is InChI=1S/C11H8F3N3/c1-7(5-15)17-10-3-2-9(11(12,13)14)4-8(10)6-16/h2-4,7,17H,1H3. The van der Waals surface area contributed by atoms with Crippen molar-refractivity contribution in [1.82, 2.24) is 0 Å². The predicted molar refractivity (Wildman–Crippen MR) is 54.9 cm³/mol. The lowest BCUT2D eigenvalue weighted by molar-refractivity contribution is -0.137. The number of hydrogen-bond donors (Lipinski definition) is 1. The first-order chi connectivity index (χ1) is 7.88. The molecule has 0 aliphatic heterocycles. The number of nitriles is 2. The molecule has 0 bridgehead atoms. The van der Waals surface area contributed by atoms with Crippen molar-refractivity contribution in [2.45, 2.75) is 19.1 Å². The van der Waals surface area contributed by atoms with Crippen molar-refractivity contribution in [2.24, 2.45) is 0 Å². The van der Waals surface area contributed by atoms with Gasteiger partial charge in [-0.2, -0.15) is 23.7 Å². The molecule has 1 aromatic rings. The van der Waals surface area contributed by atoms with Gasteiger partial charge in [-0.25, -0.2) is 0 Å². The van der Waals surface area contributed by atoms with Crippen LogP contribution in [0.25, 0.3) is 0 Å². The highest BCUT2D eigenvalue weighted by Crippen LogP contribution is 2.31. The summed E-state index contributed by atoms with van der Waals surface area (Å²) >= 11 is 0. The van der Waals surface area contributed by atoms with E-state index in [4.69, 9.17) is 10.5 Å². The smallest absolute Gasteiger partial charge is 0.369 e. The van der Waals surface area contributed by atoms with Crippen LogP contribution in [-0.2, 0) is 6.18 Å². The number of anilines is 1. The van der Waals surface area contributed by atoms with Crippen LogP contribution in [0.2, 0.25) is 0 Å². The fourth-order valence-corrected chi connectivity index (χ4v) is 1.20. The molecule has 6 heteroatoms. The molecular weight excluding hydrogens is 231 g/mol. The molecule has 3 nitrogen and oxygen atoms in total. The van der Waals surface area contributed by atoms with E-state index in [1.54, 1.807) is 13.0 Å². The average Bonchev–Trinajstić information content (AvgIpc) is 2.27. The first kappa shape index (κ1) is 12.9. The molecule has 17 heavy (non-hydrogen) atoms. The van der Waals surface area contributed by atoms with E-state index in [0.717, 1.165) is 18.2 Å². The van der Waals surface area contributed by atoms with Gasteiger partial charge in [-0.15, -0.1) is 0 Å². The van der Waals surface area contributed by atoms with E-state index in [-0.39, 0.29) is 11.3 Å². The molecule has 0 saturated heterocycles. The Kier molecular flexibility index (Phi) is 3.59. The number of alkyl halides is 3. The lowest BCUT2D eigenvalue weighted by atomic mass is 10.1. The van der Waals surface area contributed by atoms with Gasteiger partial charge < -0.3 is 5.32 Å². The van der Waals surface area contributed by atoms with Crippen LogP contribution in [0.4, 0.5) is 18.9 Å². The Morgan fingerprint density at radius 3 is 2.41 bits per heavy atom. The lowest BCUT2D eigenvalue weighted by Crippen LogP contribution is -2.14. The van der Waals surface area contributed by atoms with Crippen LogP contribution in [0, 0.1) is 22.7 Å². The number of rotatable bonds is 2. The summed E-state index contributed by atoms with van der Waals surface area (Å²) in [4.78, 5) is 0. The molecule has 1 N–H and O–H groups in total. The maximum Gasteiger partial charge on any atom is 0.416 e. The van der Waals surface area contributed by atoms with Gasteiger partial charge in [0.1, 0.15) is 12.1 Å². The van der Waals surface area contributed by atoms with Gasteiger partial charge in [0.25, 0.3) is 0 Å². The van der Waals surface area contributed by atoms with E-state index in [1.165, 1.54) is 0 Å². The van der Waals surface area contributed by atoms with E-state index >= 15 is 0 Å². The van der Waals surface area contributed by atoms with Crippen LogP contribution < -0.4 is 5.32 Å². The van der Waals surface area contributed by atoms with Gasteiger partial charge in [0.05, 0.1) is 22.9 Å². The number of hydrogen-bond acceptors (Lipinski definition) is 3. The molecule has 0 spiro atoms. The van der Waals surface area contributed by atoms with Gasteiger partial charge in [-0.1, -0.05) is 0 Å². The number of benzene rings is 1. The second-order valence-electron chi connectivity index (χ2n) is 3.37. The minimum atomic E-state index is -4.48. The van der Waals surface area contributed by atoms with Crippen molar-refractivity contribution in [3.63, 3.8) is 0 Å². The summed E-state index contributed by atoms with van der Waals surface area (Å²) < 4.78 is 37.1. The minimum Gasteiger partial charge on any atom is -0.369 e. The zero-order chi connectivity index (χ0) is 13.1. The highest BCUT2D eigenvalue weighted by molar-refractivity contribution is 5.59. The Morgan fingerprint density at radius 1 is 1.29 bits per heavy atom. The summed E-state index contributed by atoms with van der Waals surface area (Å²) in [7, 11) is 0. The Labute approximate surface area is 96.1 Å². The monoisotopic (exact) mass is 239 g/mol. The van der Waals surface area contributed by atoms with E-state index in [2.05, 4.69) is 5.32 Å². The highest BCUT2D eigenvalue weighted by Gasteiger charge is 2.31. The first-order valence-corrected chi connectivity index (χ1v) is 4.66. The third-order valence-corrected chi connectivity index (χ3v) is 2.03. The molecule has 0 heterocycles. The zero-order valence-electron chi connectivity index (χ0n) is 8.84. The molecule has 88 valence electrons. The van der Waals surface area contributed by atoms with Gasteiger partial charge in [0, 0.05) is 0 Å². The molecule has 0 aliphatic carbocycles. The van der Waals surface area contributed by atoms with Gasteiger partial charge >= 0.3 is 6.18 Å². The SMILES string of the molecule is CC(C#N)Nc1ccc(C(F)(F)F)cc1C#N. The van der Waals surface area contributed by atoms with Crippen molar-refractivity contribution in [2.75, 3.05) is 5.32 Å². The lowest BCUT2D eigenvalue weighted by Gasteiger charge is -2.12. The van der Waals surface area contributed by atoms with Crippen molar-refractivity contribution in [1.29, 1.82) is 10.5 Å². The molecule has 0 fully saturated rings. The summed E-state index contributed by atoms with van der Waals surface area (Å²) in [5.74, 6) is 0. The molecular formula is C11H8F3N3. The molecule has 1 atom stereocenters. The van der Waals surface area contributed by atoms with Gasteiger partial charge in [-0.05, 0) is 25.1 Å². The van der Waals surface area contributed by atoms with Crippen LogP contribution >= 0.6 is 0 Å². The maximum absolute atomic E-state index is 12.4. The number of halogens is 3. The summed E-state index contributed by atoms with van der Waals surface area (Å²) in [6, 6.07) is 5.72. The predicted octanol–water partition coefficient (Wildman–Crippen LogP) is 2.90. The van der Waals surface area contributed by atoms with Crippen molar-refractivity contribution in [3.05, 3.63) is 29.3 Å². The molecule has 0 saturated carbocycles. The Morgan fingerprint density at radius 2 is 1.94 bits per heavy atom. The summed E-state index contributed by atoms with van der Waals surface area (Å²) in [6.07, 6.45) is -4.48. The van der Waals surface area contributed by atoms with Crippen LogP contribution in [0.5, 0.6) is 0 Å². The molecule has 1 rings (SSSR count). The molecule has 0 aliphatic rings. The van der Waals surface area contributed by atoms with Crippen LogP contribution in [0.15, 0.2) is 18.2 Å². The third-order valence-electron chi connectivity index (χ3n) is 2.03. The molecule has 0 radical (unpaired) electrons. The van der Waals surface area contributed by atoms with E-state index in [1.807, 2.05) is 6.07 Å². The third kappa shape index (κ3) is 3.12. The van der Waals surface area contributed by atoms with Gasteiger partial charge in [-0.3, -0.25) is 0 Å². The molecule has 0 aromatic heterocycles. The van der Waals surface area contributed by atoms with E-state index in [9.17, 15) is 13.2 Å². The van der Waals surface area contributed by atoms with E-state index < -0.39 is 17.8 Å². The van der Waals surface area contributed by atoms with Crippen molar-refractivity contribution >= 4 is 5.69 Å². The summed E-state index contributed by atoms with van der Waals surface area (Å²) in [6.45, 7) is 1.54. The van der Waals surface area contributed by atoms with Crippen LogP contribution in [-0.4, -0.2) is 6.04 Å². The van der Waals surface area contributed by atoms with Gasteiger partial charge in [0.15, 0.2) is 0 Å². The largest absolute Gasteiger partial charge is 0.416 e. The minimum absolute atomic E-state index is 0.137. The van der Waals surface area contributed by atoms with Crippen LogP contribution in [0.3, 0.4) is 0 Å². The number of nitrogens with zero attached hydrogens (tertiary/aromatic N) is 2. The Hall–Kier alpha value is -2.21. The fraction of sp³-hybridized carbons (Fsp3) is 0.273. The molecule has 0 amide bonds. The normalized spacial score (nSPS) is 12.4. The first-order valence-electron chi connectivity index (χ1n) is 4.66. The second kappa shape index (κ2) is 4.75. The van der Waals surface area contributed by atoms with Crippen LogP contribution in [0.1, 0.15) is 18.1 Å². The highest BCUT2D eigenvalue weighted by atomic mass is 19.4. The fourth-order valence-electron chi connectivity index (χ4n) is 1.20. The Bertz CT molecular complexity index is 494. The molecule has 1 aromatic carbocycles. The van der Waals surface area contributed by atoms with E-state index in [0.29, 0.717) is 0 Å². The van der Waals surface area contributed by atoms with Crippen molar-refractivity contribution < 1.29 is 13.2 Å². The summed E-state index contributed by atoms with van der Waals surface area (Å²) in [5, 5.41) is 20.0. The van der Waals surface area contributed by atoms with Gasteiger partial charge in [0.2, 0.25) is 0 Å². The average molecular weight is 239 g/mol. The second-order valence-corrected chi connectivity index (χ2v) is 3.37. The quantitative estimate of drug-likeness (QED) is 0.863. The van der Waals surface area contributed by atoms with Crippen molar-refractivity contribution in [3.8, 4) is 12.1 Å². The zero-order valence-corrected chi connectivity index (χ0v) is 8.84.